The van der Waals surface area contributed by atoms with Crippen molar-refractivity contribution in [2.24, 2.45) is 5.92 Å². The summed E-state index contributed by atoms with van der Waals surface area (Å²) in [5, 5.41) is 14.5. The second kappa shape index (κ2) is 11.9. The average Bonchev–Trinajstić information content (AvgIpc) is 3.55. The van der Waals surface area contributed by atoms with Crippen LogP contribution in [-0.4, -0.2) is 53.7 Å². The first kappa shape index (κ1) is 31.5. The molecule has 1 aliphatic rings. The molecule has 1 amide bonds. The van der Waals surface area contributed by atoms with Crippen molar-refractivity contribution < 1.29 is 31.5 Å². The lowest BCUT2D eigenvalue weighted by atomic mass is 9.95. The van der Waals surface area contributed by atoms with E-state index in [1.54, 1.807) is 19.1 Å². The molecule has 0 bridgehead atoms. The van der Waals surface area contributed by atoms with Crippen LogP contribution in [0.5, 0.6) is 0 Å². The molecule has 9 nitrogen and oxygen atoms in total. The van der Waals surface area contributed by atoms with Gasteiger partial charge in [0.15, 0.2) is 17.3 Å². The SMILES string of the molecule is Cc1cc(Cl)cc(C(=O)NC(C)C2CC2)c1CC(=O)c1cc(Cn2ncc(C(F)(F)C(F)(F)F)n2)nn1-c1ncccc1Cl. The van der Waals surface area contributed by atoms with Crippen LogP contribution in [0.4, 0.5) is 22.0 Å². The van der Waals surface area contributed by atoms with Crippen LogP contribution in [0.1, 0.15) is 63.1 Å². The third-order valence-corrected chi connectivity index (χ3v) is 7.72. The van der Waals surface area contributed by atoms with Crippen molar-refractivity contribution in [2.45, 2.75) is 57.8 Å². The zero-order valence-electron chi connectivity index (χ0n) is 23.2. The molecule has 1 fully saturated rings. The molecule has 5 rings (SSSR count). The van der Waals surface area contributed by atoms with Crippen LogP contribution in [0.2, 0.25) is 10.0 Å². The second-order valence-electron chi connectivity index (χ2n) is 10.5. The van der Waals surface area contributed by atoms with E-state index in [2.05, 4.69) is 25.6 Å². The molecule has 0 spiro atoms. The highest BCUT2D eigenvalue weighted by Crippen LogP contribution is 2.42. The first-order valence-electron chi connectivity index (χ1n) is 13.3. The van der Waals surface area contributed by atoms with E-state index in [4.69, 9.17) is 23.2 Å². The van der Waals surface area contributed by atoms with Crippen molar-refractivity contribution in [1.82, 2.24) is 35.1 Å². The minimum atomic E-state index is -5.86. The summed E-state index contributed by atoms with van der Waals surface area (Å²) in [4.78, 5) is 31.8. The van der Waals surface area contributed by atoms with Crippen molar-refractivity contribution in [3.05, 3.63) is 86.5 Å². The molecule has 16 heteroatoms. The Bertz CT molecular complexity index is 1730. The molecule has 0 saturated heterocycles. The Kier molecular flexibility index (Phi) is 8.51. The van der Waals surface area contributed by atoms with Crippen molar-refractivity contribution in [3.8, 4) is 5.82 Å². The van der Waals surface area contributed by atoms with Crippen LogP contribution >= 0.6 is 23.2 Å². The number of halogens is 7. The van der Waals surface area contributed by atoms with Crippen LogP contribution < -0.4 is 5.32 Å². The van der Waals surface area contributed by atoms with Crippen LogP contribution in [0, 0.1) is 12.8 Å². The van der Waals surface area contributed by atoms with Gasteiger partial charge in [-0.1, -0.05) is 23.2 Å². The number of ketones is 1. The fourth-order valence-corrected chi connectivity index (χ4v) is 5.14. The maximum atomic E-state index is 13.8. The molecule has 3 aromatic heterocycles. The zero-order chi connectivity index (χ0) is 32.0. The van der Waals surface area contributed by atoms with Gasteiger partial charge in [0.2, 0.25) is 0 Å². The molecule has 0 radical (unpaired) electrons. The predicted molar refractivity (Wildman–Crippen MR) is 149 cm³/mol. The molecular formula is C28H24Cl2F5N7O2. The smallest absolute Gasteiger partial charge is 0.349 e. The third-order valence-electron chi connectivity index (χ3n) is 7.21. The summed E-state index contributed by atoms with van der Waals surface area (Å²) < 4.78 is 67.1. The largest absolute Gasteiger partial charge is 0.459 e. The molecule has 44 heavy (non-hydrogen) atoms. The molecule has 1 N–H and O–H groups in total. The van der Waals surface area contributed by atoms with Gasteiger partial charge in [-0.25, -0.2) is 9.67 Å². The highest BCUT2D eigenvalue weighted by molar-refractivity contribution is 6.32. The van der Waals surface area contributed by atoms with Crippen LogP contribution in [0.25, 0.3) is 5.82 Å². The molecule has 4 aromatic rings. The molecule has 1 atom stereocenters. The lowest BCUT2D eigenvalue weighted by Crippen LogP contribution is -2.35. The highest BCUT2D eigenvalue weighted by Gasteiger charge is 2.60. The molecule has 1 saturated carbocycles. The number of alkyl halides is 5. The van der Waals surface area contributed by atoms with Gasteiger partial charge in [-0.15, -0.1) is 0 Å². The van der Waals surface area contributed by atoms with Crippen molar-refractivity contribution in [3.63, 3.8) is 0 Å². The van der Waals surface area contributed by atoms with E-state index >= 15 is 0 Å². The van der Waals surface area contributed by atoms with E-state index in [1.807, 2.05) is 6.92 Å². The number of nitrogens with zero attached hydrogens (tertiary/aromatic N) is 6. The summed E-state index contributed by atoms with van der Waals surface area (Å²) >= 11 is 12.6. The van der Waals surface area contributed by atoms with E-state index in [-0.39, 0.29) is 46.2 Å². The van der Waals surface area contributed by atoms with E-state index in [9.17, 15) is 31.5 Å². The summed E-state index contributed by atoms with van der Waals surface area (Å²) in [6.45, 7) is 3.17. The third kappa shape index (κ3) is 6.46. The fraction of sp³-hybridized carbons (Fsp3) is 0.357. The monoisotopic (exact) mass is 655 g/mol. The van der Waals surface area contributed by atoms with E-state index in [1.165, 1.54) is 24.4 Å². The van der Waals surface area contributed by atoms with Gasteiger partial charge in [0.05, 0.1) is 16.9 Å². The van der Waals surface area contributed by atoms with Gasteiger partial charge in [0.1, 0.15) is 12.2 Å². The summed E-state index contributed by atoms with van der Waals surface area (Å²) in [7, 11) is 0. The number of nitrogens with one attached hydrogen (secondary N) is 1. The number of Topliss-reactive ketones (excluding diaryl/α,β-unsaturated/α-hetero) is 1. The topological polar surface area (TPSA) is 108 Å². The van der Waals surface area contributed by atoms with Gasteiger partial charge in [0, 0.05) is 29.2 Å². The van der Waals surface area contributed by atoms with Crippen molar-refractivity contribution in [2.75, 3.05) is 0 Å². The van der Waals surface area contributed by atoms with Crippen LogP contribution in [0.15, 0.2) is 42.7 Å². The lowest BCUT2D eigenvalue weighted by Gasteiger charge is -2.17. The molecule has 1 aliphatic carbocycles. The maximum absolute atomic E-state index is 13.8. The number of aromatic nitrogens is 6. The van der Waals surface area contributed by atoms with Gasteiger partial charge in [0.25, 0.3) is 5.91 Å². The Morgan fingerprint density at radius 2 is 1.84 bits per heavy atom. The number of pyridine rings is 1. The standard InChI is InChI=1S/C28H24Cl2F5N7O2/c1-14-8-17(29)9-20(26(44)38-15(2)16-5-6-16)19(14)11-23(43)22-10-18(39-42(22)25-21(30)4-3-7-36-25)13-41-37-12-24(40-41)27(31,32)28(33,34)35/h3-4,7-10,12,15-16H,5-6,11,13H2,1-2H3,(H,38,44). The average molecular weight is 656 g/mol. The first-order chi connectivity index (χ1) is 20.7. The molecule has 1 aromatic carbocycles. The number of carbonyl (C=O) groups is 2. The molecule has 1 unspecified atom stereocenters. The van der Waals surface area contributed by atoms with Crippen molar-refractivity contribution >= 4 is 34.9 Å². The van der Waals surface area contributed by atoms with Gasteiger partial charge in [-0.05, 0) is 74.1 Å². The number of aryl methyl sites for hydroxylation is 1. The van der Waals surface area contributed by atoms with Crippen LogP contribution in [0.3, 0.4) is 0 Å². The van der Waals surface area contributed by atoms with E-state index < -0.39 is 30.1 Å². The van der Waals surface area contributed by atoms with Gasteiger partial charge >= 0.3 is 12.1 Å². The molecule has 0 aliphatic heterocycles. The molecule has 232 valence electrons. The number of rotatable bonds is 10. The van der Waals surface area contributed by atoms with E-state index in [0.29, 0.717) is 33.1 Å². The lowest BCUT2D eigenvalue weighted by molar-refractivity contribution is -0.291. The summed E-state index contributed by atoms with van der Waals surface area (Å²) in [5.41, 5.74) is -0.340. The molecule has 3 heterocycles. The minimum Gasteiger partial charge on any atom is -0.349 e. The van der Waals surface area contributed by atoms with E-state index in [0.717, 1.165) is 17.5 Å². The summed E-state index contributed by atoms with van der Waals surface area (Å²) in [5.74, 6) is -5.66. The number of carbonyl (C=O) groups excluding carboxylic acids is 2. The summed E-state index contributed by atoms with van der Waals surface area (Å²) in [6, 6.07) is 7.42. The van der Waals surface area contributed by atoms with Crippen LogP contribution in [-0.2, 0) is 18.9 Å². The number of amides is 1. The predicted octanol–water partition coefficient (Wildman–Crippen LogP) is 6.13. The Hall–Kier alpha value is -3.91. The number of benzene rings is 1. The van der Waals surface area contributed by atoms with Gasteiger partial charge in [-0.3, -0.25) is 9.59 Å². The first-order valence-corrected chi connectivity index (χ1v) is 14.1. The van der Waals surface area contributed by atoms with Gasteiger partial charge in [-0.2, -0.15) is 42.0 Å². The Labute approximate surface area is 257 Å². The quantitative estimate of drug-likeness (QED) is 0.163. The Morgan fingerprint density at radius 1 is 1.11 bits per heavy atom. The molecular weight excluding hydrogens is 632 g/mol. The fourth-order valence-electron chi connectivity index (χ4n) is 4.67. The highest BCUT2D eigenvalue weighted by atomic mass is 35.5. The van der Waals surface area contributed by atoms with Crippen molar-refractivity contribution in [1.29, 1.82) is 0 Å². The Morgan fingerprint density at radius 3 is 2.50 bits per heavy atom. The normalized spacial score (nSPS) is 14.5. The van der Waals surface area contributed by atoms with Gasteiger partial charge < -0.3 is 5.32 Å². The number of hydrogen-bond donors (Lipinski definition) is 1. The minimum absolute atomic E-state index is 0.0385. The Balaban J connectivity index is 1.49. The number of hydrogen-bond acceptors (Lipinski definition) is 6. The maximum Gasteiger partial charge on any atom is 0.459 e. The summed E-state index contributed by atoms with van der Waals surface area (Å²) in [6.07, 6.45) is -2.37. The second-order valence-corrected chi connectivity index (χ2v) is 11.4. The zero-order valence-corrected chi connectivity index (χ0v) is 24.7.